The Balaban J connectivity index is 1.58. The highest BCUT2D eigenvalue weighted by Gasteiger charge is 2.27. The van der Waals surface area contributed by atoms with Crippen LogP contribution in [0.25, 0.3) is 0 Å². The molecular formula is C20H23Cl2N3O3S. The summed E-state index contributed by atoms with van der Waals surface area (Å²) in [4.78, 5) is 14.5. The minimum Gasteiger partial charge on any atom is -0.326 e. The zero-order chi connectivity index (χ0) is 21.0. The number of piperazine rings is 1. The van der Waals surface area contributed by atoms with E-state index in [1.807, 2.05) is 13.1 Å². The maximum Gasteiger partial charge on any atom is 0.243 e. The third-order valence-corrected chi connectivity index (χ3v) is 7.66. The van der Waals surface area contributed by atoms with Gasteiger partial charge in [0, 0.05) is 38.3 Å². The molecule has 0 radical (unpaired) electrons. The van der Waals surface area contributed by atoms with Crippen LogP contribution in [0.3, 0.4) is 0 Å². The predicted octanol–water partition coefficient (Wildman–Crippen LogP) is 3.50. The van der Waals surface area contributed by atoms with Gasteiger partial charge in [0.15, 0.2) is 0 Å². The Bertz CT molecular complexity index is 973. The SMILES string of the molecule is CN1CCN(S(=O)(=O)c2ccc(NC(=O)CCc3cccc(Cl)c3Cl)cc2)CC1. The molecule has 1 aliphatic heterocycles. The summed E-state index contributed by atoms with van der Waals surface area (Å²) in [6.07, 6.45) is 0.697. The molecule has 0 atom stereocenters. The van der Waals surface area contributed by atoms with Gasteiger partial charge >= 0.3 is 0 Å². The highest BCUT2D eigenvalue weighted by atomic mass is 35.5. The van der Waals surface area contributed by atoms with E-state index < -0.39 is 10.0 Å². The van der Waals surface area contributed by atoms with Crippen LogP contribution in [-0.4, -0.2) is 56.8 Å². The third-order valence-electron chi connectivity index (χ3n) is 4.89. The molecule has 29 heavy (non-hydrogen) atoms. The Labute approximate surface area is 181 Å². The first kappa shape index (κ1) is 22.1. The fourth-order valence-corrected chi connectivity index (χ4v) is 4.94. The van der Waals surface area contributed by atoms with Crippen molar-refractivity contribution in [2.24, 2.45) is 0 Å². The molecule has 1 fully saturated rings. The van der Waals surface area contributed by atoms with Gasteiger partial charge in [0.25, 0.3) is 0 Å². The lowest BCUT2D eigenvalue weighted by molar-refractivity contribution is -0.116. The number of halogens is 2. The van der Waals surface area contributed by atoms with Crippen LogP contribution in [0.15, 0.2) is 47.4 Å². The number of carbonyl (C=O) groups is 1. The van der Waals surface area contributed by atoms with E-state index in [2.05, 4.69) is 10.2 Å². The van der Waals surface area contributed by atoms with E-state index in [1.165, 1.54) is 16.4 Å². The van der Waals surface area contributed by atoms with Crippen molar-refractivity contribution in [1.29, 1.82) is 0 Å². The number of hydrogen-bond donors (Lipinski definition) is 1. The molecule has 6 nitrogen and oxygen atoms in total. The molecule has 1 aliphatic rings. The second kappa shape index (κ2) is 9.45. The van der Waals surface area contributed by atoms with Gasteiger partial charge < -0.3 is 10.2 Å². The number of nitrogens with one attached hydrogen (secondary N) is 1. The number of carbonyl (C=O) groups excluding carboxylic acids is 1. The molecular weight excluding hydrogens is 433 g/mol. The molecule has 1 heterocycles. The molecule has 2 aromatic rings. The minimum atomic E-state index is -3.52. The maximum atomic E-state index is 12.7. The molecule has 1 saturated heterocycles. The van der Waals surface area contributed by atoms with E-state index in [0.717, 1.165) is 5.56 Å². The number of aryl methyl sites for hydroxylation is 1. The maximum absolute atomic E-state index is 12.7. The van der Waals surface area contributed by atoms with Crippen molar-refractivity contribution in [3.05, 3.63) is 58.1 Å². The highest BCUT2D eigenvalue weighted by molar-refractivity contribution is 7.89. The summed E-state index contributed by atoms with van der Waals surface area (Å²) in [7, 11) is -1.55. The van der Waals surface area contributed by atoms with Crippen molar-refractivity contribution in [2.45, 2.75) is 17.7 Å². The van der Waals surface area contributed by atoms with Crippen LogP contribution < -0.4 is 5.32 Å². The van der Waals surface area contributed by atoms with Crippen molar-refractivity contribution in [1.82, 2.24) is 9.21 Å². The van der Waals surface area contributed by atoms with Crippen molar-refractivity contribution in [2.75, 3.05) is 38.5 Å². The third kappa shape index (κ3) is 5.49. The molecule has 0 aromatic heterocycles. The smallest absolute Gasteiger partial charge is 0.243 e. The molecule has 0 spiro atoms. The largest absolute Gasteiger partial charge is 0.326 e. The van der Waals surface area contributed by atoms with Gasteiger partial charge in [-0.3, -0.25) is 4.79 Å². The molecule has 9 heteroatoms. The molecule has 0 saturated carbocycles. The van der Waals surface area contributed by atoms with Crippen LogP contribution in [0.5, 0.6) is 0 Å². The van der Waals surface area contributed by atoms with E-state index in [0.29, 0.717) is 48.3 Å². The van der Waals surface area contributed by atoms with Crippen LogP contribution in [0.4, 0.5) is 5.69 Å². The molecule has 3 rings (SSSR count). The zero-order valence-electron chi connectivity index (χ0n) is 16.1. The second-order valence-corrected chi connectivity index (χ2v) is 9.72. The number of sulfonamides is 1. The van der Waals surface area contributed by atoms with Crippen LogP contribution in [0, 0.1) is 0 Å². The van der Waals surface area contributed by atoms with Crippen molar-refractivity contribution in [3.8, 4) is 0 Å². The van der Waals surface area contributed by atoms with Crippen molar-refractivity contribution in [3.63, 3.8) is 0 Å². The summed E-state index contributed by atoms with van der Waals surface area (Å²) in [5, 5.41) is 3.70. The molecule has 2 aromatic carbocycles. The molecule has 0 unspecified atom stereocenters. The van der Waals surface area contributed by atoms with E-state index in [9.17, 15) is 13.2 Å². The van der Waals surface area contributed by atoms with Crippen LogP contribution in [0.2, 0.25) is 10.0 Å². The molecule has 0 bridgehead atoms. The monoisotopic (exact) mass is 455 g/mol. The summed E-state index contributed by atoms with van der Waals surface area (Å²) in [5.41, 5.74) is 1.35. The Kier molecular flexibility index (Phi) is 7.19. The average molecular weight is 456 g/mol. The summed E-state index contributed by atoms with van der Waals surface area (Å²) in [6.45, 7) is 2.38. The summed E-state index contributed by atoms with van der Waals surface area (Å²) in [6, 6.07) is 11.6. The summed E-state index contributed by atoms with van der Waals surface area (Å²) in [5.74, 6) is -0.185. The number of rotatable bonds is 6. The quantitative estimate of drug-likeness (QED) is 0.723. The second-order valence-electron chi connectivity index (χ2n) is 6.99. The van der Waals surface area contributed by atoms with Gasteiger partial charge in [-0.15, -0.1) is 0 Å². The number of nitrogens with zero attached hydrogens (tertiary/aromatic N) is 2. The van der Waals surface area contributed by atoms with Gasteiger partial charge in [0.1, 0.15) is 0 Å². The lowest BCUT2D eigenvalue weighted by atomic mass is 10.1. The molecule has 1 amide bonds. The van der Waals surface area contributed by atoms with Gasteiger partial charge in [0.05, 0.1) is 14.9 Å². The van der Waals surface area contributed by atoms with Crippen molar-refractivity contribution >= 4 is 44.8 Å². The first-order valence-electron chi connectivity index (χ1n) is 9.29. The number of anilines is 1. The Morgan fingerprint density at radius 2 is 1.69 bits per heavy atom. The van der Waals surface area contributed by atoms with Gasteiger partial charge in [0.2, 0.25) is 15.9 Å². The van der Waals surface area contributed by atoms with Gasteiger partial charge in [-0.2, -0.15) is 4.31 Å². The fraction of sp³-hybridized carbons (Fsp3) is 0.350. The van der Waals surface area contributed by atoms with E-state index in [1.54, 1.807) is 24.3 Å². The first-order valence-corrected chi connectivity index (χ1v) is 11.5. The lowest BCUT2D eigenvalue weighted by Gasteiger charge is -2.31. The Morgan fingerprint density at radius 1 is 1.03 bits per heavy atom. The Hall–Kier alpha value is -1.64. The summed E-state index contributed by atoms with van der Waals surface area (Å²) >= 11 is 12.1. The number of hydrogen-bond acceptors (Lipinski definition) is 4. The highest BCUT2D eigenvalue weighted by Crippen LogP contribution is 2.26. The molecule has 156 valence electrons. The zero-order valence-corrected chi connectivity index (χ0v) is 18.4. The Morgan fingerprint density at radius 3 is 2.34 bits per heavy atom. The number of benzene rings is 2. The lowest BCUT2D eigenvalue weighted by Crippen LogP contribution is -2.46. The fourth-order valence-electron chi connectivity index (χ4n) is 3.10. The van der Waals surface area contributed by atoms with Gasteiger partial charge in [-0.05, 0) is 49.4 Å². The number of likely N-dealkylation sites (N-methyl/N-ethyl adjacent to an activating group) is 1. The van der Waals surface area contributed by atoms with Gasteiger partial charge in [-0.1, -0.05) is 35.3 Å². The first-order chi connectivity index (χ1) is 13.8. The van der Waals surface area contributed by atoms with Gasteiger partial charge in [-0.25, -0.2) is 8.42 Å². The normalized spacial score (nSPS) is 16.0. The average Bonchev–Trinajstić information content (AvgIpc) is 2.70. The molecule has 0 aliphatic carbocycles. The van der Waals surface area contributed by atoms with Crippen molar-refractivity contribution < 1.29 is 13.2 Å². The van der Waals surface area contributed by atoms with E-state index >= 15 is 0 Å². The van der Waals surface area contributed by atoms with E-state index in [-0.39, 0.29) is 17.2 Å². The van der Waals surface area contributed by atoms with Crippen LogP contribution in [0.1, 0.15) is 12.0 Å². The standard InChI is InChI=1S/C20H23Cl2N3O3S/c1-24-11-13-25(14-12-24)29(27,28)17-8-6-16(7-9-17)23-19(26)10-5-15-3-2-4-18(21)20(15)22/h2-4,6-9H,5,10-14H2,1H3,(H,23,26). The van der Waals surface area contributed by atoms with Crippen LogP contribution >= 0.6 is 23.2 Å². The predicted molar refractivity (Wildman–Crippen MR) is 116 cm³/mol. The topological polar surface area (TPSA) is 69.7 Å². The minimum absolute atomic E-state index is 0.185. The van der Waals surface area contributed by atoms with Crippen LogP contribution in [-0.2, 0) is 21.2 Å². The number of amides is 1. The van der Waals surface area contributed by atoms with E-state index in [4.69, 9.17) is 23.2 Å². The summed E-state index contributed by atoms with van der Waals surface area (Å²) < 4.78 is 27.0. The molecule has 1 N–H and O–H groups in total.